The highest BCUT2D eigenvalue weighted by Gasteiger charge is 2.31. The predicted octanol–water partition coefficient (Wildman–Crippen LogP) is 3.75. The van der Waals surface area contributed by atoms with E-state index >= 15 is 0 Å². The minimum absolute atomic E-state index is 0.122. The number of benzene rings is 2. The molecule has 6 heteroatoms. The fourth-order valence-electron chi connectivity index (χ4n) is 5.06. The molecule has 4 heterocycles. The van der Waals surface area contributed by atoms with Crippen LogP contribution in [0.3, 0.4) is 0 Å². The van der Waals surface area contributed by atoms with Crippen molar-refractivity contribution in [1.29, 1.82) is 0 Å². The Labute approximate surface area is 199 Å². The molecular weight excluding hydrogens is 424 g/mol. The summed E-state index contributed by atoms with van der Waals surface area (Å²) in [6.45, 7) is 4.49. The van der Waals surface area contributed by atoms with Gasteiger partial charge >= 0.3 is 0 Å². The fourth-order valence-corrected chi connectivity index (χ4v) is 5.06. The van der Waals surface area contributed by atoms with Crippen LogP contribution in [-0.2, 0) is 22.5 Å². The molecule has 6 nitrogen and oxygen atoms in total. The van der Waals surface area contributed by atoms with Gasteiger partial charge in [0.1, 0.15) is 0 Å². The number of morpholine rings is 1. The van der Waals surface area contributed by atoms with Crippen molar-refractivity contribution >= 4 is 22.9 Å². The van der Waals surface area contributed by atoms with Gasteiger partial charge in [-0.2, -0.15) is 0 Å². The molecule has 0 N–H and O–H groups in total. The number of rotatable bonds is 6. The highest BCUT2D eigenvalue weighted by atomic mass is 16.5. The molecular formula is C28H26N4O2. The number of carbonyl (C=O) groups is 1. The van der Waals surface area contributed by atoms with Gasteiger partial charge in [-0.1, -0.05) is 36.4 Å². The maximum Gasteiger partial charge on any atom is 0.186 e. The summed E-state index contributed by atoms with van der Waals surface area (Å²) in [6.07, 6.45) is 4.16. The number of Topliss-reactive ketones (excluding diaryl/α,β-unsaturated/α-hetero) is 1. The number of aromatic nitrogens is 1. The SMILES string of the molecule is O=C(C1=Nc2cc3c(cc2C1)CN=C3c1ccncc1)C(CN1CCOCC1)c1ccccc1. The molecule has 1 saturated heterocycles. The summed E-state index contributed by atoms with van der Waals surface area (Å²) in [6, 6.07) is 18.4. The summed E-state index contributed by atoms with van der Waals surface area (Å²) >= 11 is 0. The van der Waals surface area contributed by atoms with Crippen molar-refractivity contribution in [2.75, 3.05) is 32.8 Å². The molecule has 6 rings (SSSR count). The first kappa shape index (κ1) is 21.1. The van der Waals surface area contributed by atoms with Crippen molar-refractivity contribution in [1.82, 2.24) is 9.88 Å². The predicted molar refractivity (Wildman–Crippen MR) is 132 cm³/mol. The van der Waals surface area contributed by atoms with Gasteiger partial charge in [0, 0.05) is 49.6 Å². The van der Waals surface area contributed by atoms with Crippen molar-refractivity contribution in [2.24, 2.45) is 9.98 Å². The van der Waals surface area contributed by atoms with Gasteiger partial charge in [-0.25, -0.2) is 4.99 Å². The lowest BCUT2D eigenvalue weighted by Crippen LogP contribution is -2.41. The first-order valence-corrected chi connectivity index (χ1v) is 11.8. The molecule has 1 atom stereocenters. The second kappa shape index (κ2) is 9.05. The molecule has 170 valence electrons. The summed E-state index contributed by atoms with van der Waals surface area (Å²) in [7, 11) is 0. The number of pyridine rings is 1. The van der Waals surface area contributed by atoms with Crippen LogP contribution in [-0.4, -0.2) is 59.9 Å². The molecule has 2 aromatic carbocycles. The number of hydrogen-bond donors (Lipinski definition) is 0. The van der Waals surface area contributed by atoms with E-state index in [0.717, 1.165) is 60.0 Å². The molecule has 0 spiro atoms. The summed E-state index contributed by atoms with van der Waals surface area (Å²) < 4.78 is 5.51. The van der Waals surface area contributed by atoms with Crippen molar-refractivity contribution in [3.63, 3.8) is 0 Å². The van der Waals surface area contributed by atoms with Crippen LogP contribution < -0.4 is 0 Å². The van der Waals surface area contributed by atoms with Gasteiger partial charge in [-0.05, 0) is 34.9 Å². The Morgan fingerprint density at radius 1 is 1.00 bits per heavy atom. The lowest BCUT2D eigenvalue weighted by molar-refractivity contribution is -0.115. The monoisotopic (exact) mass is 450 g/mol. The van der Waals surface area contributed by atoms with Crippen molar-refractivity contribution < 1.29 is 9.53 Å². The third-order valence-electron chi connectivity index (χ3n) is 6.88. The third-order valence-corrected chi connectivity index (χ3v) is 6.88. The molecule has 0 saturated carbocycles. The topological polar surface area (TPSA) is 67.2 Å². The van der Waals surface area contributed by atoms with E-state index in [4.69, 9.17) is 14.7 Å². The zero-order valence-electron chi connectivity index (χ0n) is 19.0. The van der Waals surface area contributed by atoms with Gasteiger partial charge in [0.2, 0.25) is 0 Å². The average Bonchev–Trinajstić information content (AvgIpc) is 3.50. The summed E-state index contributed by atoms with van der Waals surface area (Å²) in [5.41, 5.74) is 8.05. The Morgan fingerprint density at radius 3 is 2.59 bits per heavy atom. The Bertz CT molecular complexity index is 1280. The van der Waals surface area contributed by atoms with E-state index in [1.165, 1.54) is 5.56 Å². The third kappa shape index (κ3) is 4.00. The molecule has 3 aliphatic rings. The quantitative estimate of drug-likeness (QED) is 0.574. The lowest BCUT2D eigenvalue weighted by atomic mass is 9.89. The summed E-state index contributed by atoms with van der Waals surface area (Å²) in [5, 5.41) is 0. The molecule has 1 fully saturated rings. The largest absolute Gasteiger partial charge is 0.379 e. The van der Waals surface area contributed by atoms with E-state index < -0.39 is 0 Å². The maximum absolute atomic E-state index is 13.8. The van der Waals surface area contributed by atoms with Gasteiger partial charge in [0.25, 0.3) is 0 Å². The molecule has 1 aromatic heterocycles. The van der Waals surface area contributed by atoms with E-state index in [-0.39, 0.29) is 11.7 Å². The van der Waals surface area contributed by atoms with Crippen LogP contribution >= 0.6 is 0 Å². The second-order valence-corrected chi connectivity index (χ2v) is 9.01. The number of ketones is 1. The minimum Gasteiger partial charge on any atom is -0.379 e. The van der Waals surface area contributed by atoms with Crippen molar-refractivity contribution in [3.8, 4) is 0 Å². The van der Waals surface area contributed by atoms with E-state index in [1.807, 2.05) is 30.3 Å². The summed E-state index contributed by atoms with van der Waals surface area (Å²) in [4.78, 5) is 29.9. The maximum atomic E-state index is 13.8. The van der Waals surface area contributed by atoms with Crippen LogP contribution in [0.4, 0.5) is 5.69 Å². The Balaban J connectivity index is 1.29. The number of aliphatic imine (C=N–C) groups is 2. The van der Waals surface area contributed by atoms with E-state index in [2.05, 4.69) is 34.1 Å². The number of carbonyl (C=O) groups excluding carboxylic acids is 1. The smallest absolute Gasteiger partial charge is 0.186 e. The van der Waals surface area contributed by atoms with Crippen LogP contribution in [0.5, 0.6) is 0 Å². The lowest BCUT2D eigenvalue weighted by Gasteiger charge is -2.30. The minimum atomic E-state index is -0.229. The molecule has 0 aliphatic carbocycles. The molecule has 0 amide bonds. The number of fused-ring (bicyclic) bond motifs is 2. The first-order chi connectivity index (χ1) is 16.8. The zero-order chi connectivity index (χ0) is 22.9. The highest BCUT2D eigenvalue weighted by molar-refractivity contribution is 6.43. The van der Waals surface area contributed by atoms with E-state index in [0.29, 0.717) is 25.2 Å². The second-order valence-electron chi connectivity index (χ2n) is 9.01. The van der Waals surface area contributed by atoms with Crippen molar-refractivity contribution in [3.05, 3.63) is 94.8 Å². The summed E-state index contributed by atoms with van der Waals surface area (Å²) in [5.74, 6) is -0.106. The van der Waals surface area contributed by atoms with Crippen molar-refractivity contribution in [2.45, 2.75) is 18.9 Å². The number of hydrogen-bond acceptors (Lipinski definition) is 6. The molecule has 1 unspecified atom stereocenters. The number of ether oxygens (including phenoxy) is 1. The molecule has 0 bridgehead atoms. The standard InChI is InChI=1S/C28H26N4O2/c33-28(24(19-4-2-1-3-5-19)18-32-10-12-34-13-11-32)26-15-21-14-22-17-30-27(20-6-8-29-9-7-20)23(22)16-25(21)31-26/h1-9,14,16,24H,10-13,15,17-18H2. The van der Waals surface area contributed by atoms with Crippen LogP contribution in [0.15, 0.2) is 77.0 Å². The Kier molecular flexibility index (Phi) is 5.61. The zero-order valence-corrected chi connectivity index (χ0v) is 19.0. The van der Waals surface area contributed by atoms with Gasteiger partial charge in [0.05, 0.1) is 42.8 Å². The van der Waals surface area contributed by atoms with Gasteiger partial charge in [-0.3, -0.25) is 19.7 Å². The van der Waals surface area contributed by atoms with Crippen LogP contribution in [0, 0.1) is 0 Å². The average molecular weight is 451 g/mol. The molecule has 34 heavy (non-hydrogen) atoms. The normalized spacial score (nSPS) is 18.1. The Morgan fingerprint density at radius 2 is 1.79 bits per heavy atom. The Hall–Kier alpha value is -3.48. The van der Waals surface area contributed by atoms with Crippen LogP contribution in [0.2, 0.25) is 0 Å². The molecule has 3 aromatic rings. The van der Waals surface area contributed by atoms with Gasteiger partial charge in [0.15, 0.2) is 5.78 Å². The number of nitrogens with zero attached hydrogens (tertiary/aromatic N) is 4. The fraction of sp³-hybridized carbons (Fsp3) is 0.286. The molecule has 3 aliphatic heterocycles. The van der Waals surface area contributed by atoms with Crippen LogP contribution in [0.1, 0.15) is 33.7 Å². The van der Waals surface area contributed by atoms with Gasteiger partial charge < -0.3 is 4.74 Å². The van der Waals surface area contributed by atoms with Crippen LogP contribution in [0.25, 0.3) is 0 Å². The molecule has 0 radical (unpaired) electrons. The van der Waals surface area contributed by atoms with E-state index in [9.17, 15) is 4.79 Å². The van der Waals surface area contributed by atoms with E-state index in [1.54, 1.807) is 12.4 Å². The van der Waals surface area contributed by atoms with Gasteiger partial charge in [-0.15, -0.1) is 0 Å². The highest BCUT2D eigenvalue weighted by Crippen LogP contribution is 2.35. The first-order valence-electron chi connectivity index (χ1n) is 11.8.